The molecule has 1 spiro atoms. The minimum absolute atomic E-state index is 0.302. The van der Waals surface area contributed by atoms with Crippen LogP contribution in [0.5, 0.6) is 0 Å². The van der Waals surface area contributed by atoms with Gasteiger partial charge >= 0.3 is 0 Å². The number of halogens is 2. The Hall–Kier alpha value is -2.25. The fourth-order valence-electron chi connectivity index (χ4n) is 4.30. The van der Waals surface area contributed by atoms with Gasteiger partial charge in [0.2, 0.25) is 0 Å². The topological polar surface area (TPSA) is 56.5 Å². The lowest BCUT2D eigenvalue weighted by Gasteiger charge is -2.39. The normalized spacial score (nSPS) is 20.0. The molecule has 156 valence electrons. The summed E-state index contributed by atoms with van der Waals surface area (Å²) in [6.07, 6.45) is 2.22. The summed E-state index contributed by atoms with van der Waals surface area (Å²) in [6, 6.07) is 15.5. The first-order chi connectivity index (χ1) is 14.5. The maximum atomic E-state index is 13.5. The van der Waals surface area contributed by atoms with Crippen molar-refractivity contribution in [3.63, 3.8) is 0 Å². The monoisotopic (exact) mass is 428 g/mol. The van der Waals surface area contributed by atoms with E-state index in [9.17, 15) is 9.50 Å². The van der Waals surface area contributed by atoms with E-state index in [0.29, 0.717) is 49.6 Å². The van der Waals surface area contributed by atoms with E-state index in [1.807, 2.05) is 18.2 Å². The van der Waals surface area contributed by atoms with E-state index < -0.39 is 11.4 Å². The molecule has 0 atom stereocenters. The van der Waals surface area contributed by atoms with E-state index in [-0.39, 0.29) is 5.82 Å². The molecule has 5 rings (SSSR count). The maximum absolute atomic E-state index is 13.5. The molecule has 0 radical (unpaired) electrons. The standard InChI is InChI=1S/C23H22ClFN2O3/c24-17-3-7-19(8-4-17)27-20(16-1-5-18(25)6-2-16)15-21(26-27)22(28)9-11-23(12-10-22)29-13-14-30-23/h1-8,15,28H,9-14H2. The van der Waals surface area contributed by atoms with Crippen LogP contribution < -0.4 is 0 Å². The molecule has 0 unspecified atom stereocenters. The zero-order valence-corrected chi connectivity index (χ0v) is 17.1. The Kier molecular flexibility index (Phi) is 4.90. The number of nitrogens with zero attached hydrogens (tertiary/aromatic N) is 2. The zero-order valence-electron chi connectivity index (χ0n) is 16.4. The highest BCUT2D eigenvalue weighted by atomic mass is 35.5. The van der Waals surface area contributed by atoms with Crippen LogP contribution in [0.3, 0.4) is 0 Å². The van der Waals surface area contributed by atoms with Crippen LogP contribution in [0.4, 0.5) is 4.39 Å². The number of benzene rings is 2. The number of hydrogen-bond acceptors (Lipinski definition) is 4. The second-order valence-corrected chi connectivity index (χ2v) is 8.39. The summed E-state index contributed by atoms with van der Waals surface area (Å²) in [5.41, 5.74) is 1.90. The first-order valence-corrected chi connectivity index (χ1v) is 10.5. The summed E-state index contributed by atoms with van der Waals surface area (Å²) in [7, 11) is 0. The molecule has 1 aliphatic heterocycles. The number of aromatic nitrogens is 2. The van der Waals surface area contributed by atoms with Crippen molar-refractivity contribution in [2.24, 2.45) is 0 Å². The molecule has 7 heteroatoms. The Balaban J connectivity index is 1.54. The average molecular weight is 429 g/mol. The van der Waals surface area contributed by atoms with Crippen LogP contribution in [-0.2, 0) is 15.1 Å². The third-order valence-electron chi connectivity index (χ3n) is 6.05. The van der Waals surface area contributed by atoms with E-state index in [0.717, 1.165) is 16.9 Å². The lowest BCUT2D eigenvalue weighted by molar-refractivity contribution is -0.204. The summed E-state index contributed by atoms with van der Waals surface area (Å²) < 4.78 is 26.8. The summed E-state index contributed by atoms with van der Waals surface area (Å²) in [4.78, 5) is 0. The van der Waals surface area contributed by atoms with Crippen LogP contribution in [0.2, 0.25) is 5.02 Å². The van der Waals surface area contributed by atoms with Gasteiger partial charge in [-0.2, -0.15) is 5.10 Å². The lowest BCUT2D eigenvalue weighted by atomic mass is 9.79. The van der Waals surface area contributed by atoms with Gasteiger partial charge in [-0.3, -0.25) is 0 Å². The highest BCUT2D eigenvalue weighted by Gasteiger charge is 2.47. The van der Waals surface area contributed by atoms with E-state index in [1.165, 1.54) is 12.1 Å². The summed E-state index contributed by atoms with van der Waals surface area (Å²) in [5.74, 6) is -0.866. The van der Waals surface area contributed by atoms with Gasteiger partial charge in [0.25, 0.3) is 0 Å². The van der Waals surface area contributed by atoms with E-state index >= 15 is 0 Å². The molecule has 3 aromatic rings. The SMILES string of the molecule is OC1(c2cc(-c3ccc(F)cc3)n(-c3ccc(Cl)cc3)n2)CCC2(CC1)OCCO2. The third kappa shape index (κ3) is 3.54. The van der Waals surface area contributed by atoms with Crippen LogP contribution in [0, 0.1) is 5.82 Å². The number of hydrogen-bond donors (Lipinski definition) is 1. The highest BCUT2D eigenvalue weighted by Crippen LogP contribution is 2.45. The molecule has 2 aliphatic rings. The average Bonchev–Trinajstić information content (AvgIpc) is 3.40. The molecule has 5 nitrogen and oxygen atoms in total. The van der Waals surface area contributed by atoms with Crippen molar-refractivity contribution >= 4 is 11.6 Å². The molecule has 30 heavy (non-hydrogen) atoms. The van der Waals surface area contributed by atoms with Crippen LogP contribution in [0.25, 0.3) is 16.9 Å². The van der Waals surface area contributed by atoms with Gasteiger partial charge in [0.15, 0.2) is 5.79 Å². The predicted molar refractivity (Wildman–Crippen MR) is 111 cm³/mol. The first kappa shape index (κ1) is 19.7. The number of aliphatic hydroxyl groups is 1. The van der Waals surface area contributed by atoms with Crippen LogP contribution in [0.1, 0.15) is 31.4 Å². The Morgan fingerprint density at radius 1 is 0.933 bits per heavy atom. The van der Waals surface area contributed by atoms with Gasteiger partial charge in [0, 0.05) is 23.4 Å². The van der Waals surface area contributed by atoms with Crippen molar-refractivity contribution in [3.05, 3.63) is 71.1 Å². The summed E-state index contributed by atoms with van der Waals surface area (Å²) in [6.45, 7) is 1.19. The lowest BCUT2D eigenvalue weighted by Crippen LogP contribution is -2.42. The molecular weight excluding hydrogens is 407 g/mol. The minimum Gasteiger partial charge on any atom is -0.383 e. The fourth-order valence-corrected chi connectivity index (χ4v) is 4.43. The van der Waals surface area contributed by atoms with Gasteiger partial charge in [0.1, 0.15) is 11.4 Å². The van der Waals surface area contributed by atoms with Crippen molar-refractivity contribution in [2.75, 3.05) is 13.2 Å². The third-order valence-corrected chi connectivity index (χ3v) is 6.30. The van der Waals surface area contributed by atoms with Crippen LogP contribution in [0.15, 0.2) is 54.6 Å². The smallest absolute Gasteiger partial charge is 0.168 e. The first-order valence-electron chi connectivity index (χ1n) is 10.1. The summed E-state index contributed by atoms with van der Waals surface area (Å²) >= 11 is 6.05. The van der Waals surface area contributed by atoms with E-state index in [4.69, 9.17) is 26.2 Å². The number of rotatable bonds is 3. The molecule has 1 aromatic heterocycles. The Morgan fingerprint density at radius 3 is 2.20 bits per heavy atom. The molecular formula is C23H22ClFN2O3. The second-order valence-electron chi connectivity index (χ2n) is 7.95. The van der Waals surface area contributed by atoms with Crippen molar-refractivity contribution in [1.29, 1.82) is 0 Å². The fraction of sp³-hybridized carbons (Fsp3) is 0.348. The molecule has 0 amide bonds. The van der Waals surface area contributed by atoms with Gasteiger partial charge in [-0.15, -0.1) is 0 Å². The molecule has 1 saturated heterocycles. The Labute approximate surface area is 179 Å². The van der Waals surface area contributed by atoms with Crippen LogP contribution >= 0.6 is 11.6 Å². The molecule has 2 fully saturated rings. The van der Waals surface area contributed by atoms with Crippen molar-refractivity contribution < 1.29 is 19.0 Å². The highest BCUT2D eigenvalue weighted by molar-refractivity contribution is 6.30. The number of ether oxygens (including phenoxy) is 2. The second kappa shape index (κ2) is 7.46. The van der Waals surface area contributed by atoms with Crippen molar-refractivity contribution in [2.45, 2.75) is 37.1 Å². The van der Waals surface area contributed by atoms with Gasteiger partial charge in [0.05, 0.1) is 30.3 Å². The largest absolute Gasteiger partial charge is 0.383 e. The predicted octanol–water partition coefficient (Wildman–Crippen LogP) is 4.84. The van der Waals surface area contributed by atoms with E-state index in [2.05, 4.69) is 0 Å². The molecule has 0 bridgehead atoms. The van der Waals surface area contributed by atoms with Gasteiger partial charge in [-0.1, -0.05) is 11.6 Å². The van der Waals surface area contributed by atoms with Crippen LogP contribution in [-0.4, -0.2) is 33.9 Å². The van der Waals surface area contributed by atoms with Gasteiger partial charge < -0.3 is 14.6 Å². The molecule has 2 heterocycles. The van der Waals surface area contributed by atoms with Crippen molar-refractivity contribution in [3.8, 4) is 16.9 Å². The molecule has 2 aromatic carbocycles. The summed E-state index contributed by atoms with van der Waals surface area (Å²) in [5, 5.41) is 16.8. The van der Waals surface area contributed by atoms with Gasteiger partial charge in [-0.05, 0) is 67.4 Å². The molecule has 1 aliphatic carbocycles. The Morgan fingerprint density at radius 2 is 1.57 bits per heavy atom. The quantitative estimate of drug-likeness (QED) is 0.648. The van der Waals surface area contributed by atoms with E-state index in [1.54, 1.807) is 28.9 Å². The maximum Gasteiger partial charge on any atom is 0.168 e. The van der Waals surface area contributed by atoms with Crippen molar-refractivity contribution in [1.82, 2.24) is 9.78 Å². The zero-order chi connectivity index (χ0) is 20.8. The minimum atomic E-state index is -1.08. The molecule has 1 saturated carbocycles. The Bertz CT molecular complexity index is 970. The van der Waals surface area contributed by atoms with Gasteiger partial charge in [-0.25, -0.2) is 9.07 Å². The molecule has 1 N–H and O–H groups in total.